The first kappa shape index (κ1) is 20.3. The first-order valence-corrected chi connectivity index (χ1v) is 11.4. The summed E-state index contributed by atoms with van der Waals surface area (Å²) in [7, 11) is 0. The maximum atomic E-state index is 5.21. The lowest BCUT2D eigenvalue weighted by Crippen LogP contribution is -2.06. The summed E-state index contributed by atoms with van der Waals surface area (Å²) in [5.74, 6) is 1.56. The Morgan fingerprint density at radius 2 is 1.84 bits per heavy atom. The molecule has 0 saturated carbocycles. The minimum Gasteiger partial charge on any atom is -0.472 e. The molecule has 0 saturated heterocycles. The number of anilines is 1. The van der Waals surface area contributed by atoms with Crippen molar-refractivity contribution in [1.82, 2.24) is 19.9 Å². The quantitative estimate of drug-likeness (QED) is 0.309. The van der Waals surface area contributed by atoms with Crippen molar-refractivity contribution < 1.29 is 4.42 Å². The molecule has 1 N–H and O–H groups in total. The maximum Gasteiger partial charge on any atom is 0.166 e. The van der Waals surface area contributed by atoms with E-state index in [1.54, 1.807) is 30.1 Å². The summed E-state index contributed by atoms with van der Waals surface area (Å²) in [6.45, 7) is 4.87. The van der Waals surface area contributed by atoms with E-state index >= 15 is 0 Å². The Hall–Kier alpha value is -3.58. The molecule has 0 fully saturated rings. The average molecular weight is 442 g/mol. The fourth-order valence-electron chi connectivity index (χ4n) is 3.58. The highest BCUT2D eigenvalue weighted by molar-refractivity contribution is 7.18. The third-order valence-electron chi connectivity index (χ3n) is 5.26. The number of fused-ring (bicyclic) bond motifs is 1. The van der Waals surface area contributed by atoms with Crippen LogP contribution in [0.25, 0.3) is 32.9 Å². The Morgan fingerprint density at radius 1 is 0.969 bits per heavy atom. The number of nitrogens with one attached hydrogen (secondary N) is 1. The third kappa shape index (κ3) is 4.38. The predicted octanol–water partition coefficient (Wildman–Crippen LogP) is 6.07. The van der Waals surface area contributed by atoms with E-state index in [1.807, 2.05) is 19.2 Å². The van der Waals surface area contributed by atoms with Gasteiger partial charge >= 0.3 is 0 Å². The van der Waals surface area contributed by atoms with Gasteiger partial charge in [0.2, 0.25) is 0 Å². The fourth-order valence-corrected chi connectivity index (χ4v) is 4.46. The lowest BCUT2D eigenvalue weighted by Gasteiger charge is -2.09. The van der Waals surface area contributed by atoms with Crippen LogP contribution in [0, 0.1) is 13.8 Å². The second-order valence-corrected chi connectivity index (χ2v) is 8.99. The van der Waals surface area contributed by atoms with Gasteiger partial charge in [-0.25, -0.2) is 9.97 Å². The zero-order valence-electron chi connectivity index (χ0n) is 18.0. The monoisotopic (exact) mass is 441 g/mol. The Balaban J connectivity index is 1.24. The van der Waals surface area contributed by atoms with Crippen molar-refractivity contribution in [3.8, 4) is 22.6 Å². The molecule has 7 heteroatoms. The van der Waals surface area contributed by atoms with Gasteiger partial charge in [0, 0.05) is 23.2 Å². The van der Waals surface area contributed by atoms with Crippen molar-refractivity contribution in [3.05, 3.63) is 77.5 Å². The molecule has 6 nitrogen and oxygen atoms in total. The van der Waals surface area contributed by atoms with Crippen molar-refractivity contribution in [2.75, 3.05) is 11.9 Å². The van der Waals surface area contributed by atoms with Gasteiger partial charge in [-0.2, -0.15) is 0 Å². The van der Waals surface area contributed by atoms with E-state index in [2.05, 4.69) is 52.5 Å². The number of furan rings is 1. The van der Waals surface area contributed by atoms with E-state index < -0.39 is 0 Å². The van der Waals surface area contributed by atoms with Crippen molar-refractivity contribution >= 4 is 27.4 Å². The minimum absolute atomic E-state index is 0.686. The predicted molar refractivity (Wildman–Crippen MR) is 129 cm³/mol. The van der Waals surface area contributed by atoms with Crippen molar-refractivity contribution in [3.63, 3.8) is 0 Å². The van der Waals surface area contributed by atoms with Crippen molar-refractivity contribution in [2.45, 2.75) is 26.7 Å². The molecule has 5 rings (SSSR count). The van der Waals surface area contributed by atoms with Crippen LogP contribution in [0.3, 0.4) is 0 Å². The average Bonchev–Trinajstić information content (AvgIpc) is 3.47. The standard InChI is InChI=1S/C25H23N5OS/c1-16-13-28-22(14-27-16)19-7-5-18(6-8-19)4-3-10-26-24-21-12-17(2)32-25(21)30-23(29-24)20-9-11-31-15-20/h5-9,11-15H,3-4,10H2,1-2H3,(H,26,29,30). The molecular weight excluding hydrogens is 418 g/mol. The molecule has 0 spiro atoms. The van der Waals surface area contributed by atoms with Gasteiger partial charge < -0.3 is 9.73 Å². The van der Waals surface area contributed by atoms with Gasteiger partial charge in [0.25, 0.3) is 0 Å². The van der Waals surface area contributed by atoms with Crippen molar-refractivity contribution in [1.29, 1.82) is 0 Å². The van der Waals surface area contributed by atoms with Crippen LogP contribution in [0.1, 0.15) is 22.6 Å². The highest BCUT2D eigenvalue weighted by atomic mass is 32.1. The van der Waals surface area contributed by atoms with Crippen LogP contribution >= 0.6 is 11.3 Å². The SMILES string of the molecule is Cc1cnc(-c2ccc(CCCNc3nc(-c4ccoc4)nc4sc(C)cc34)cc2)cn1. The number of rotatable bonds is 7. The molecule has 4 aromatic heterocycles. The summed E-state index contributed by atoms with van der Waals surface area (Å²) in [6.07, 6.45) is 8.92. The van der Waals surface area contributed by atoms with E-state index in [0.29, 0.717) is 5.82 Å². The summed E-state index contributed by atoms with van der Waals surface area (Å²) < 4.78 is 5.21. The summed E-state index contributed by atoms with van der Waals surface area (Å²) in [5.41, 5.74) is 5.10. The molecule has 0 aliphatic heterocycles. The number of hydrogen-bond donors (Lipinski definition) is 1. The molecule has 0 bridgehead atoms. The van der Waals surface area contributed by atoms with E-state index in [9.17, 15) is 0 Å². The molecule has 160 valence electrons. The second kappa shape index (κ2) is 8.88. The largest absolute Gasteiger partial charge is 0.472 e. The maximum absolute atomic E-state index is 5.21. The van der Waals surface area contributed by atoms with Gasteiger partial charge in [-0.3, -0.25) is 9.97 Å². The lowest BCUT2D eigenvalue weighted by atomic mass is 10.1. The Bertz CT molecular complexity index is 1330. The molecule has 32 heavy (non-hydrogen) atoms. The van der Waals surface area contributed by atoms with Crippen molar-refractivity contribution in [2.24, 2.45) is 0 Å². The number of benzene rings is 1. The second-order valence-electron chi connectivity index (χ2n) is 7.75. The zero-order chi connectivity index (χ0) is 21.9. The number of thiophene rings is 1. The van der Waals surface area contributed by atoms with Gasteiger partial charge in [0.1, 0.15) is 16.9 Å². The molecule has 5 aromatic rings. The fraction of sp³-hybridized carbons (Fsp3) is 0.200. The highest BCUT2D eigenvalue weighted by Crippen LogP contribution is 2.31. The van der Waals surface area contributed by atoms with Crippen LogP contribution in [0.15, 0.2) is 65.7 Å². The molecule has 0 aliphatic rings. The van der Waals surface area contributed by atoms with E-state index in [1.165, 1.54) is 10.4 Å². The molecule has 0 aliphatic carbocycles. The Morgan fingerprint density at radius 3 is 2.59 bits per heavy atom. The van der Waals surface area contributed by atoms with E-state index in [-0.39, 0.29) is 0 Å². The van der Waals surface area contributed by atoms with Gasteiger partial charge in [0.15, 0.2) is 5.82 Å². The summed E-state index contributed by atoms with van der Waals surface area (Å²) in [6, 6.07) is 12.6. The summed E-state index contributed by atoms with van der Waals surface area (Å²) in [5, 5.41) is 4.60. The molecule has 4 heterocycles. The van der Waals surface area contributed by atoms with Crippen LogP contribution in [-0.2, 0) is 6.42 Å². The molecule has 0 radical (unpaired) electrons. The number of aryl methyl sites for hydroxylation is 3. The first-order chi connectivity index (χ1) is 15.7. The van der Waals surface area contributed by atoms with Gasteiger partial charge in [0.05, 0.1) is 34.8 Å². The molecule has 0 unspecified atom stereocenters. The van der Waals surface area contributed by atoms with Crippen LogP contribution in [0.2, 0.25) is 0 Å². The van der Waals surface area contributed by atoms with Crippen LogP contribution in [-0.4, -0.2) is 26.5 Å². The third-order valence-corrected chi connectivity index (χ3v) is 6.21. The minimum atomic E-state index is 0.686. The summed E-state index contributed by atoms with van der Waals surface area (Å²) >= 11 is 1.68. The highest BCUT2D eigenvalue weighted by Gasteiger charge is 2.12. The van der Waals surface area contributed by atoms with Crippen LogP contribution in [0.5, 0.6) is 0 Å². The number of nitrogens with zero attached hydrogens (tertiary/aromatic N) is 4. The summed E-state index contributed by atoms with van der Waals surface area (Å²) in [4.78, 5) is 20.5. The van der Waals surface area contributed by atoms with E-state index in [4.69, 9.17) is 14.4 Å². The van der Waals surface area contributed by atoms with Gasteiger partial charge in [-0.05, 0) is 44.4 Å². The smallest absolute Gasteiger partial charge is 0.166 e. The van der Waals surface area contributed by atoms with Gasteiger partial charge in [-0.1, -0.05) is 24.3 Å². The molecular formula is C25H23N5OS. The van der Waals surface area contributed by atoms with Gasteiger partial charge in [-0.15, -0.1) is 11.3 Å². The van der Waals surface area contributed by atoms with Crippen LogP contribution in [0.4, 0.5) is 5.82 Å². The zero-order valence-corrected chi connectivity index (χ0v) is 18.8. The normalized spacial score (nSPS) is 11.2. The topological polar surface area (TPSA) is 76.7 Å². The molecule has 0 amide bonds. The Labute approximate surface area is 190 Å². The number of hydrogen-bond acceptors (Lipinski definition) is 7. The molecule has 0 atom stereocenters. The van der Waals surface area contributed by atoms with E-state index in [0.717, 1.165) is 57.9 Å². The molecule has 1 aromatic carbocycles. The first-order valence-electron chi connectivity index (χ1n) is 10.6. The van der Waals surface area contributed by atoms with Crippen LogP contribution < -0.4 is 5.32 Å². The Kier molecular flexibility index (Phi) is 5.64. The number of aromatic nitrogens is 4. The lowest BCUT2D eigenvalue weighted by molar-refractivity contribution is 0.568.